The zero-order valence-corrected chi connectivity index (χ0v) is 16.3. The van der Waals surface area contributed by atoms with Crippen LogP contribution in [0.2, 0.25) is 5.02 Å². The fourth-order valence-corrected chi connectivity index (χ4v) is 4.07. The van der Waals surface area contributed by atoms with Gasteiger partial charge in [-0.2, -0.15) is 0 Å². The Bertz CT molecular complexity index is 1070. The van der Waals surface area contributed by atoms with E-state index in [0.29, 0.717) is 6.42 Å². The highest BCUT2D eigenvalue weighted by molar-refractivity contribution is 7.21. The van der Waals surface area contributed by atoms with Crippen molar-refractivity contribution in [1.29, 1.82) is 0 Å². The number of amides is 1. The van der Waals surface area contributed by atoms with E-state index < -0.39 is 0 Å². The van der Waals surface area contributed by atoms with Crippen LogP contribution in [0.3, 0.4) is 0 Å². The molecule has 0 radical (unpaired) electrons. The van der Waals surface area contributed by atoms with Gasteiger partial charge in [0.05, 0.1) is 16.6 Å². The Hall–Kier alpha value is -2.69. The van der Waals surface area contributed by atoms with E-state index in [1.807, 2.05) is 67.6 Å². The number of rotatable bonds is 4. The summed E-state index contributed by atoms with van der Waals surface area (Å²) in [6, 6.07) is 21.4. The Morgan fingerprint density at radius 3 is 2.56 bits per heavy atom. The first kappa shape index (κ1) is 17.7. The topological polar surface area (TPSA) is 42.0 Å². The molecule has 0 aliphatic rings. The van der Waals surface area contributed by atoms with Crippen LogP contribution in [0.5, 0.6) is 0 Å². The minimum atomic E-state index is -0.0287. The second kappa shape index (κ2) is 7.51. The van der Waals surface area contributed by atoms with Crippen molar-refractivity contribution in [2.45, 2.75) is 13.3 Å². The van der Waals surface area contributed by atoms with E-state index in [4.69, 9.17) is 11.6 Å². The standard InChI is InChI=1S/C22H17ClN2OS/c1-14-11-20-19(13-18(14)23)25-22(27-20)16-7-9-17(10-8-16)24-21(26)12-15-5-3-2-4-6-15/h2-11,13H,12H2,1H3,(H,24,26). The summed E-state index contributed by atoms with van der Waals surface area (Å²) < 4.78 is 1.12. The molecule has 27 heavy (non-hydrogen) atoms. The van der Waals surface area contributed by atoms with E-state index >= 15 is 0 Å². The van der Waals surface area contributed by atoms with Crippen molar-refractivity contribution in [1.82, 2.24) is 4.98 Å². The van der Waals surface area contributed by atoms with E-state index in [1.165, 1.54) is 0 Å². The number of nitrogens with one attached hydrogen (secondary N) is 1. The molecule has 1 aromatic heterocycles. The molecule has 0 atom stereocenters. The second-order valence-corrected chi connectivity index (χ2v) is 7.81. The molecule has 0 bridgehead atoms. The van der Waals surface area contributed by atoms with Gasteiger partial charge >= 0.3 is 0 Å². The van der Waals surface area contributed by atoms with Gasteiger partial charge in [0.15, 0.2) is 0 Å². The van der Waals surface area contributed by atoms with Gasteiger partial charge in [-0.05, 0) is 54.4 Å². The van der Waals surface area contributed by atoms with E-state index in [9.17, 15) is 4.79 Å². The normalized spacial score (nSPS) is 10.9. The molecular weight excluding hydrogens is 376 g/mol. The highest BCUT2D eigenvalue weighted by Gasteiger charge is 2.09. The third kappa shape index (κ3) is 4.02. The number of thiazole rings is 1. The predicted octanol–water partition coefficient (Wildman–Crippen LogP) is 6.11. The Kier molecular flexibility index (Phi) is 4.92. The van der Waals surface area contributed by atoms with Gasteiger partial charge in [0, 0.05) is 16.3 Å². The molecule has 0 aliphatic carbocycles. The number of benzene rings is 3. The van der Waals surface area contributed by atoms with Crippen LogP contribution in [0.25, 0.3) is 20.8 Å². The van der Waals surface area contributed by atoms with E-state index in [1.54, 1.807) is 11.3 Å². The SMILES string of the molecule is Cc1cc2sc(-c3ccc(NC(=O)Cc4ccccc4)cc3)nc2cc1Cl. The quantitative estimate of drug-likeness (QED) is 0.455. The lowest BCUT2D eigenvalue weighted by Gasteiger charge is -2.06. The maximum Gasteiger partial charge on any atom is 0.228 e. The number of carbonyl (C=O) groups excluding carboxylic acids is 1. The Morgan fingerprint density at radius 2 is 1.81 bits per heavy atom. The summed E-state index contributed by atoms with van der Waals surface area (Å²) in [4.78, 5) is 16.9. The molecule has 134 valence electrons. The number of hydrogen-bond acceptors (Lipinski definition) is 3. The number of fused-ring (bicyclic) bond motifs is 1. The number of aromatic nitrogens is 1. The third-order valence-corrected chi connectivity index (χ3v) is 5.77. The molecule has 0 unspecified atom stereocenters. The van der Waals surface area contributed by atoms with Crippen molar-refractivity contribution in [2.24, 2.45) is 0 Å². The minimum Gasteiger partial charge on any atom is -0.326 e. The fourth-order valence-electron chi connectivity index (χ4n) is 2.86. The summed E-state index contributed by atoms with van der Waals surface area (Å²) in [5.41, 5.74) is 4.75. The first-order valence-corrected chi connectivity index (χ1v) is 9.79. The maximum atomic E-state index is 12.2. The van der Waals surface area contributed by atoms with Gasteiger partial charge in [-0.15, -0.1) is 11.3 Å². The van der Waals surface area contributed by atoms with Crippen molar-refractivity contribution in [3.8, 4) is 10.6 Å². The van der Waals surface area contributed by atoms with Crippen LogP contribution < -0.4 is 5.32 Å². The van der Waals surface area contributed by atoms with E-state index in [0.717, 1.165) is 42.6 Å². The number of hydrogen-bond donors (Lipinski definition) is 1. The molecule has 0 saturated heterocycles. The maximum absolute atomic E-state index is 12.2. The van der Waals surface area contributed by atoms with Crippen LogP contribution in [0.4, 0.5) is 5.69 Å². The molecule has 3 nitrogen and oxygen atoms in total. The zero-order valence-electron chi connectivity index (χ0n) is 14.7. The first-order chi connectivity index (χ1) is 13.1. The summed E-state index contributed by atoms with van der Waals surface area (Å²) in [6.45, 7) is 1.99. The average Bonchev–Trinajstić information content (AvgIpc) is 3.06. The molecule has 4 aromatic rings. The second-order valence-electron chi connectivity index (χ2n) is 6.38. The monoisotopic (exact) mass is 392 g/mol. The lowest BCUT2D eigenvalue weighted by molar-refractivity contribution is -0.115. The van der Waals surface area contributed by atoms with Crippen molar-refractivity contribution in [3.05, 3.63) is 82.9 Å². The molecular formula is C22H17ClN2OS. The molecule has 0 saturated carbocycles. The Morgan fingerprint density at radius 1 is 1.07 bits per heavy atom. The van der Waals surface area contributed by atoms with Gasteiger partial charge in [-0.25, -0.2) is 4.98 Å². The Labute approximate surface area is 166 Å². The van der Waals surface area contributed by atoms with Gasteiger partial charge in [-0.3, -0.25) is 4.79 Å². The van der Waals surface area contributed by atoms with E-state index in [-0.39, 0.29) is 5.91 Å². The first-order valence-electron chi connectivity index (χ1n) is 8.59. The van der Waals surface area contributed by atoms with Crippen LogP contribution in [0.15, 0.2) is 66.7 Å². The van der Waals surface area contributed by atoms with Crippen LogP contribution in [-0.4, -0.2) is 10.9 Å². The summed E-state index contributed by atoms with van der Waals surface area (Å²) in [5, 5.41) is 4.61. The summed E-state index contributed by atoms with van der Waals surface area (Å²) in [6.07, 6.45) is 0.362. The lowest BCUT2D eigenvalue weighted by atomic mass is 10.1. The molecule has 1 amide bonds. The van der Waals surface area contributed by atoms with Gasteiger partial charge in [0.2, 0.25) is 5.91 Å². The number of aryl methyl sites for hydroxylation is 1. The van der Waals surface area contributed by atoms with Gasteiger partial charge in [-0.1, -0.05) is 41.9 Å². The van der Waals surface area contributed by atoms with Crippen LogP contribution >= 0.6 is 22.9 Å². The van der Waals surface area contributed by atoms with Crippen molar-refractivity contribution in [2.75, 3.05) is 5.32 Å². The minimum absolute atomic E-state index is 0.0287. The van der Waals surface area contributed by atoms with Gasteiger partial charge < -0.3 is 5.32 Å². The molecule has 5 heteroatoms. The van der Waals surface area contributed by atoms with Crippen LogP contribution in [0, 0.1) is 6.92 Å². The average molecular weight is 393 g/mol. The van der Waals surface area contributed by atoms with Crippen molar-refractivity contribution < 1.29 is 4.79 Å². The smallest absolute Gasteiger partial charge is 0.228 e. The summed E-state index contributed by atoms with van der Waals surface area (Å²) in [7, 11) is 0. The molecule has 0 spiro atoms. The zero-order chi connectivity index (χ0) is 18.8. The van der Waals surface area contributed by atoms with Gasteiger partial charge in [0.1, 0.15) is 5.01 Å². The van der Waals surface area contributed by atoms with E-state index in [2.05, 4.69) is 16.4 Å². The van der Waals surface area contributed by atoms with Crippen LogP contribution in [-0.2, 0) is 11.2 Å². The largest absolute Gasteiger partial charge is 0.326 e. The summed E-state index contributed by atoms with van der Waals surface area (Å²) >= 11 is 7.83. The lowest BCUT2D eigenvalue weighted by Crippen LogP contribution is -2.14. The van der Waals surface area contributed by atoms with Crippen molar-refractivity contribution in [3.63, 3.8) is 0 Å². The number of anilines is 1. The summed E-state index contributed by atoms with van der Waals surface area (Å²) in [5.74, 6) is -0.0287. The fraction of sp³-hybridized carbons (Fsp3) is 0.0909. The highest BCUT2D eigenvalue weighted by Crippen LogP contribution is 2.33. The van der Waals surface area contributed by atoms with Crippen LogP contribution in [0.1, 0.15) is 11.1 Å². The highest BCUT2D eigenvalue weighted by atomic mass is 35.5. The molecule has 4 rings (SSSR count). The third-order valence-electron chi connectivity index (χ3n) is 4.29. The number of halogens is 1. The predicted molar refractivity (Wildman–Crippen MR) is 114 cm³/mol. The molecule has 0 aliphatic heterocycles. The molecule has 3 aromatic carbocycles. The van der Waals surface area contributed by atoms with Gasteiger partial charge in [0.25, 0.3) is 0 Å². The Balaban J connectivity index is 1.49. The molecule has 1 N–H and O–H groups in total. The number of carbonyl (C=O) groups is 1. The molecule has 0 fully saturated rings. The van der Waals surface area contributed by atoms with Crippen molar-refractivity contribution >= 4 is 44.7 Å². The number of nitrogens with zero attached hydrogens (tertiary/aromatic N) is 1. The molecule has 1 heterocycles.